The van der Waals surface area contributed by atoms with Gasteiger partial charge in [0.1, 0.15) is 12.6 Å². The predicted octanol–water partition coefficient (Wildman–Crippen LogP) is 2.80. The molecule has 1 saturated carbocycles. The van der Waals surface area contributed by atoms with Crippen LogP contribution in [0.1, 0.15) is 32.3 Å². The van der Waals surface area contributed by atoms with Crippen molar-refractivity contribution in [3.8, 4) is 0 Å². The van der Waals surface area contributed by atoms with Crippen LogP contribution in [0.25, 0.3) is 0 Å². The first-order valence-electron chi connectivity index (χ1n) is 7.16. The minimum atomic E-state index is -1.00. The average Bonchev–Trinajstić information content (AvgIpc) is 3.25. The van der Waals surface area contributed by atoms with Crippen molar-refractivity contribution in [1.82, 2.24) is 5.32 Å². The summed E-state index contributed by atoms with van der Waals surface area (Å²) in [5.74, 6) is -0.800. The maximum absolute atomic E-state index is 11.8. The highest BCUT2D eigenvalue weighted by atomic mass is 16.5. The van der Waals surface area contributed by atoms with E-state index in [2.05, 4.69) is 5.32 Å². The van der Waals surface area contributed by atoms with E-state index in [1.54, 1.807) is 0 Å². The third-order valence-electron chi connectivity index (χ3n) is 4.27. The molecule has 1 aliphatic rings. The molecule has 0 aromatic heterocycles. The van der Waals surface area contributed by atoms with Crippen molar-refractivity contribution < 1.29 is 19.4 Å². The van der Waals surface area contributed by atoms with Gasteiger partial charge in [0.15, 0.2) is 0 Å². The summed E-state index contributed by atoms with van der Waals surface area (Å²) in [4.78, 5) is 23.3. The molecule has 1 atom stereocenters. The molecule has 1 aliphatic carbocycles. The number of hydrogen-bond acceptors (Lipinski definition) is 3. The fourth-order valence-corrected chi connectivity index (χ4v) is 2.68. The fraction of sp³-hybridized carbons (Fsp3) is 0.500. The van der Waals surface area contributed by atoms with E-state index in [1.165, 1.54) is 0 Å². The number of nitrogens with one attached hydrogen (secondary N) is 1. The van der Waals surface area contributed by atoms with Crippen LogP contribution < -0.4 is 5.32 Å². The second-order valence-corrected chi connectivity index (χ2v) is 5.87. The third kappa shape index (κ3) is 3.54. The van der Waals surface area contributed by atoms with Crippen LogP contribution in [0.15, 0.2) is 30.3 Å². The number of amides is 1. The molecule has 21 heavy (non-hydrogen) atoms. The number of carboxylic acids is 1. The molecule has 1 unspecified atom stereocenters. The molecule has 1 aromatic carbocycles. The van der Waals surface area contributed by atoms with Crippen molar-refractivity contribution in [3.05, 3.63) is 35.9 Å². The van der Waals surface area contributed by atoms with Crippen molar-refractivity contribution in [3.63, 3.8) is 0 Å². The van der Waals surface area contributed by atoms with Gasteiger partial charge in [-0.1, -0.05) is 44.2 Å². The quantitative estimate of drug-likeness (QED) is 0.845. The highest BCUT2D eigenvalue weighted by Gasteiger charge is 2.55. The SMILES string of the molecule is CC(C)C1(C(NC(=O)OCc2ccccc2)C(=O)O)CC1. The van der Waals surface area contributed by atoms with Crippen molar-refractivity contribution in [2.75, 3.05) is 0 Å². The first kappa shape index (κ1) is 15.4. The minimum absolute atomic E-state index is 0.133. The van der Waals surface area contributed by atoms with E-state index in [9.17, 15) is 14.7 Å². The smallest absolute Gasteiger partial charge is 0.408 e. The lowest BCUT2D eigenvalue weighted by Crippen LogP contribution is -2.49. The van der Waals surface area contributed by atoms with Crippen LogP contribution >= 0.6 is 0 Å². The molecular weight excluding hydrogens is 270 g/mol. The number of alkyl carbamates (subject to hydrolysis) is 1. The molecule has 5 nitrogen and oxygen atoms in total. The Kier molecular flexibility index (Phi) is 4.50. The Labute approximate surface area is 124 Å². The number of carbonyl (C=O) groups excluding carboxylic acids is 1. The molecule has 0 saturated heterocycles. The van der Waals surface area contributed by atoms with Crippen LogP contribution in [0.5, 0.6) is 0 Å². The summed E-state index contributed by atoms with van der Waals surface area (Å²) < 4.78 is 5.10. The zero-order chi connectivity index (χ0) is 15.5. The van der Waals surface area contributed by atoms with Crippen LogP contribution in [0.3, 0.4) is 0 Å². The Balaban J connectivity index is 1.92. The minimum Gasteiger partial charge on any atom is -0.480 e. The van der Waals surface area contributed by atoms with Crippen molar-refractivity contribution >= 4 is 12.1 Å². The van der Waals surface area contributed by atoms with Gasteiger partial charge in [0.25, 0.3) is 0 Å². The van der Waals surface area contributed by atoms with Gasteiger partial charge in [-0.25, -0.2) is 9.59 Å². The Morgan fingerprint density at radius 2 is 1.90 bits per heavy atom. The van der Waals surface area contributed by atoms with E-state index in [0.29, 0.717) is 0 Å². The van der Waals surface area contributed by atoms with Gasteiger partial charge >= 0.3 is 12.1 Å². The van der Waals surface area contributed by atoms with E-state index in [0.717, 1.165) is 18.4 Å². The number of benzene rings is 1. The summed E-state index contributed by atoms with van der Waals surface area (Å²) in [5.41, 5.74) is 0.530. The van der Waals surface area contributed by atoms with Crippen LogP contribution in [-0.2, 0) is 16.1 Å². The number of carboxylic acid groups (broad SMARTS) is 1. The molecule has 1 aromatic rings. The van der Waals surface area contributed by atoms with E-state index < -0.39 is 18.1 Å². The van der Waals surface area contributed by atoms with Gasteiger partial charge < -0.3 is 15.2 Å². The Hall–Kier alpha value is -2.04. The number of hydrogen-bond donors (Lipinski definition) is 2. The molecule has 2 rings (SSSR count). The molecule has 114 valence electrons. The Bertz CT molecular complexity index is 508. The van der Waals surface area contributed by atoms with Gasteiger partial charge in [-0.3, -0.25) is 0 Å². The van der Waals surface area contributed by atoms with Crippen LogP contribution in [-0.4, -0.2) is 23.2 Å². The topological polar surface area (TPSA) is 75.6 Å². The standard InChI is InChI=1S/C16H21NO4/c1-11(2)16(8-9-16)13(14(18)19)17-15(20)21-10-12-6-4-3-5-7-12/h3-7,11,13H,8-10H2,1-2H3,(H,17,20)(H,18,19). The van der Waals surface area contributed by atoms with Gasteiger partial charge in [-0.15, -0.1) is 0 Å². The van der Waals surface area contributed by atoms with Crippen LogP contribution in [0, 0.1) is 11.3 Å². The number of rotatable bonds is 6. The normalized spacial score (nSPS) is 17.1. The van der Waals surface area contributed by atoms with Crippen molar-refractivity contribution in [2.24, 2.45) is 11.3 Å². The largest absolute Gasteiger partial charge is 0.480 e. The monoisotopic (exact) mass is 291 g/mol. The summed E-state index contributed by atoms with van der Waals surface area (Å²) in [6.45, 7) is 4.10. The first-order valence-corrected chi connectivity index (χ1v) is 7.16. The summed E-state index contributed by atoms with van der Waals surface area (Å²) in [6, 6.07) is 8.39. The number of ether oxygens (including phenoxy) is 1. The van der Waals surface area contributed by atoms with E-state index >= 15 is 0 Å². The zero-order valence-corrected chi connectivity index (χ0v) is 12.3. The highest BCUT2D eigenvalue weighted by Crippen LogP contribution is 2.54. The highest BCUT2D eigenvalue weighted by molar-refractivity contribution is 5.81. The number of aliphatic carboxylic acids is 1. The molecule has 1 amide bonds. The summed E-state index contributed by atoms with van der Waals surface area (Å²) in [5, 5.41) is 11.9. The lowest BCUT2D eigenvalue weighted by Gasteiger charge is -2.27. The van der Waals surface area contributed by atoms with Gasteiger partial charge in [-0.05, 0) is 24.3 Å². The lowest BCUT2D eigenvalue weighted by atomic mass is 9.85. The molecular formula is C16H21NO4. The molecule has 0 heterocycles. The van der Waals surface area contributed by atoms with Crippen LogP contribution in [0.2, 0.25) is 0 Å². The number of carbonyl (C=O) groups is 2. The predicted molar refractivity (Wildman–Crippen MR) is 77.7 cm³/mol. The van der Waals surface area contributed by atoms with Crippen LogP contribution in [0.4, 0.5) is 4.79 Å². The van der Waals surface area contributed by atoms with E-state index in [-0.39, 0.29) is 17.9 Å². The Morgan fingerprint density at radius 1 is 1.29 bits per heavy atom. The maximum Gasteiger partial charge on any atom is 0.408 e. The summed E-state index contributed by atoms with van der Waals surface area (Å²) >= 11 is 0. The van der Waals surface area contributed by atoms with Crippen molar-refractivity contribution in [2.45, 2.75) is 39.3 Å². The molecule has 2 N–H and O–H groups in total. The lowest BCUT2D eigenvalue weighted by molar-refractivity contribution is -0.142. The second kappa shape index (κ2) is 6.16. The molecule has 0 spiro atoms. The summed E-state index contributed by atoms with van der Waals surface area (Å²) in [6.07, 6.45) is 0.958. The van der Waals surface area contributed by atoms with Gasteiger partial charge in [-0.2, -0.15) is 0 Å². The summed E-state index contributed by atoms with van der Waals surface area (Å²) in [7, 11) is 0. The van der Waals surface area contributed by atoms with Gasteiger partial charge in [0.05, 0.1) is 0 Å². The van der Waals surface area contributed by atoms with Gasteiger partial charge in [0.2, 0.25) is 0 Å². The first-order chi connectivity index (χ1) is 9.95. The second-order valence-electron chi connectivity index (χ2n) is 5.87. The van der Waals surface area contributed by atoms with Crippen molar-refractivity contribution in [1.29, 1.82) is 0 Å². The van der Waals surface area contributed by atoms with Gasteiger partial charge in [0, 0.05) is 5.41 Å². The molecule has 5 heteroatoms. The average molecular weight is 291 g/mol. The zero-order valence-electron chi connectivity index (χ0n) is 12.3. The fourth-order valence-electron chi connectivity index (χ4n) is 2.68. The van der Waals surface area contributed by atoms with E-state index in [4.69, 9.17) is 4.74 Å². The molecule has 0 aliphatic heterocycles. The molecule has 0 bridgehead atoms. The Morgan fingerprint density at radius 3 is 2.38 bits per heavy atom. The maximum atomic E-state index is 11.8. The molecule has 0 radical (unpaired) electrons. The van der Waals surface area contributed by atoms with E-state index in [1.807, 2.05) is 44.2 Å². The third-order valence-corrected chi connectivity index (χ3v) is 4.27. The molecule has 1 fully saturated rings.